The molecule has 10 heavy (non-hydrogen) atoms. The van der Waals surface area contributed by atoms with Crippen LogP contribution in [0.25, 0.3) is 0 Å². The van der Waals surface area contributed by atoms with Crippen molar-refractivity contribution >= 4 is 15.9 Å². The van der Waals surface area contributed by atoms with Crippen LogP contribution in [0.5, 0.6) is 0 Å². The summed E-state index contributed by atoms with van der Waals surface area (Å²) < 4.78 is 0.447. The van der Waals surface area contributed by atoms with Gasteiger partial charge in [-0.25, -0.2) is 4.98 Å². The number of aromatic nitrogens is 3. The lowest BCUT2D eigenvalue weighted by Crippen LogP contribution is -1.95. The Kier molecular flexibility index (Phi) is 1.92. The van der Waals surface area contributed by atoms with Crippen LogP contribution in [-0.4, -0.2) is 15.2 Å². The van der Waals surface area contributed by atoms with Gasteiger partial charge >= 0.3 is 0 Å². The molecule has 0 fully saturated rings. The molecule has 5 heteroatoms. The Morgan fingerprint density at radius 1 is 1.50 bits per heavy atom. The highest BCUT2D eigenvalue weighted by atomic mass is 79.9. The third kappa shape index (κ3) is 1.28. The molecule has 0 amide bonds. The number of halogens is 1. The highest BCUT2D eigenvalue weighted by molar-refractivity contribution is 9.10. The molecule has 0 aliphatic rings. The molecule has 0 atom stereocenters. The van der Waals surface area contributed by atoms with Crippen LogP contribution in [0.4, 0.5) is 0 Å². The van der Waals surface area contributed by atoms with E-state index in [9.17, 15) is 0 Å². The molecule has 0 saturated heterocycles. The maximum Gasteiger partial charge on any atom is 0.195 e. The highest BCUT2D eigenvalue weighted by Gasteiger charge is 2.01. The average molecular weight is 199 g/mol. The third-order valence-corrected chi connectivity index (χ3v) is 1.41. The van der Waals surface area contributed by atoms with E-state index in [4.69, 9.17) is 5.26 Å². The van der Waals surface area contributed by atoms with Gasteiger partial charge in [0.2, 0.25) is 0 Å². The van der Waals surface area contributed by atoms with E-state index in [2.05, 4.69) is 31.1 Å². The fourth-order valence-corrected chi connectivity index (χ4v) is 0.874. The molecule has 1 heterocycles. The van der Waals surface area contributed by atoms with E-state index in [1.807, 2.05) is 6.07 Å². The highest BCUT2D eigenvalue weighted by Crippen LogP contribution is 2.07. The quantitative estimate of drug-likeness (QED) is 0.620. The predicted molar refractivity (Wildman–Crippen MR) is 37.0 cm³/mol. The van der Waals surface area contributed by atoms with Gasteiger partial charge in [-0.3, -0.25) is 0 Å². The van der Waals surface area contributed by atoms with Crippen molar-refractivity contribution in [3.05, 3.63) is 16.1 Å². The lowest BCUT2D eigenvalue weighted by molar-refractivity contribution is 0.879. The van der Waals surface area contributed by atoms with Crippen molar-refractivity contribution in [2.45, 2.75) is 6.92 Å². The molecule has 0 aliphatic carbocycles. The largest absolute Gasteiger partial charge is 0.221 e. The van der Waals surface area contributed by atoms with Crippen LogP contribution in [0.1, 0.15) is 11.5 Å². The first-order valence-electron chi connectivity index (χ1n) is 2.51. The zero-order chi connectivity index (χ0) is 7.56. The summed E-state index contributed by atoms with van der Waals surface area (Å²) in [6.07, 6.45) is 0. The van der Waals surface area contributed by atoms with Crippen LogP contribution in [0.2, 0.25) is 0 Å². The van der Waals surface area contributed by atoms with Gasteiger partial charge in [-0.1, -0.05) is 0 Å². The van der Waals surface area contributed by atoms with Crippen molar-refractivity contribution in [1.82, 2.24) is 15.2 Å². The molecular weight excluding hydrogens is 196 g/mol. The minimum absolute atomic E-state index is 0.214. The second-order valence-corrected chi connectivity index (χ2v) is 2.36. The Hall–Kier alpha value is -1.02. The van der Waals surface area contributed by atoms with Crippen LogP contribution in [0.15, 0.2) is 4.60 Å². The van der Waals surface area contributed by atoms with E-state index in [-0.39, 0.29) is 5.69 Å². The molecular formula is C5H3BrN4. The second kappa shape index (κ2) is 2.71. The number of rotatable bonds is 0. The summed E-state index contributed by atoms with van der Waals surface area (Å²) in [4.78, 5) is 3.86. The number of hydrogen-bond donors (Lipinski definition) is 0. The molecule has 4 nitrogen and oxygen atoms in total. The van der Waals surface area contributed by atoms with Crippen LogP contribution in [0, 0.1) is 18.3 Å². The van der Waals surface area contributed by atoms with Crippen molar-refractivity contribution in [2.75, 3.05) is 0 Å². The van der Waals surface area contributed by atoms with E-state index >= 15 is 0 Å². The van der Waals surface area contributed by atoms with Gasteiger partial charge in [0.1, 0.15) is 16.5 Å². The first kappa shape index (κ1) is 7.09. The van der Waals surface area contributed by atoms with Gasteiger partial charge in [-0.15, -0.1) is 10.2 Å². The van der Waals surface area contributed by atoms with E-state index in [0.717, 1.165) is 0 Å². The van der Waals surface area contributed by atoms with Gasteiger partial charge in [0.25, 0.3) is 0 Å². The van der Waals surface area contributed by atoms with Crippen LogP contribution < -0.4 is 0 Å². The Balaban J connectivity index is 3.23. The van der Waals surface area contributed by atoms with Crippen molar-refractivity contribution in [3.63, 3.8) is 0 Å². The summed E-state index contributed by atoms with van der Waals surface area (Å²) in [7, 11) is 0. The predicted octanol–water partition coefficient (Wildman–Crippen LogP) is 0.814. The van der Waals surface area contributed by atoms with Crippen LogP contribution in [0.3, 0.4) is 0 Å². The zero-order valence-corrected chi connectivity index (χ0v) is 6.75. The first-order valence-corrected chi connectivity index (χ1v) is 3.30. The Morgan fingerprint density at radius 2 is 2.20 bits per heavy atom. The normalized spacial score (nSPS) is 8.90. The Labute approximate surface area is 66.0 Å². The Morgan fingerprint density at radius 3 is 2.70 bits per heavy atom. The fraction of sp³-hybridized carbons (Fsp3) is 0.200. The summed E-state index contributed by atoms with van der Waals surface area (Å²) in [5, 5.41) is 15.6. The molecule has 1 rings (SSSR count). The fourth-order valence-electron chi connectivity index (χ4n) is 0.449. The Bertz CT molecular complexity index is 290. The molecule has 1 aromatic heterocycles. The minimum atomic E-state index is 0.214. The van der Waals surface area contributed by atoms with Gasteiger partial charge in [0.05, 0.1) is 0 Å². The van der Waals surface area contributed by atoms with Crippen molar-refractivity contribution in [1.29, 1.82) is 5.26 Å². The maximum absolute atomic E-state index is 8.39. The van der Waals surface area contributed by atoms with E-state index in [1.165, 1.54) is 0 Å². The molecule has 0 bridgehead atoms. The summed E-state index contributed by atoms with van der Waals surface area (Å²) in [5.74, 6) is 0.547. The van der Waals surface area contributed by atoms with Crippen molar-refractivity contribution in [2.24, 2.45) is 0 Å². The zero-order valence-electron chi connectivity index (χ0n) is 5.17. The summed E-state index contributed by atoms with van der Waals surface area (Å²) >= 11 is 3.07. The number of nitrogens with zero attached hydrogens (tertiary/aromatic N) is 4. The van der Waals surface area contributed by atoms with Gasteiger partial charge in [-0.05, 0) is 22.9 Å². The van der Waals surface area contributed by atoms with Crippen LogP contribution >= 0.6 is 15.9 Å². The van der Waals surface area contributed by atoms with Crippen LogP contribution in [-0.2, 0) is 0 Å². The lowest BCUT2D eigenvalue weighted by Gasteiger charge is -1.91. The number of nitriles is 1. The smallest absolute Gasteiger partial charge is 0.195 e. The van der Waals surface area contributed by atoms with Gasteiger partial charge < -0.3 is 0 Å². The van der Waals surface area contributed by atoms with E-state index in [0.29, 0.717) is 10.4 Å². The van der Waals surface area contributed by atoms with Gasteiger partial charge in [0, 0.05) is 0 Å². The maximum atomic E-state index is 8.39. The minimum Gasteiger partial charge on any atom is -0.221 e. The molecule has 0 saturated carbocycles. The summed E-state index contributed by atoms with van der Waals surface area (Å²) in [6.45, 7) is 1.71. The number of aryl methyl sites for hydroxylation is 1. The molecule has 0 spiro atoms. The molecule has 0 aromatic carbocycles. The average Bonchev–Trinajstić information content (AvgIpc) is 1.88. The molecule has 0 unspecified atom stereocenters. The molecule has 0 radical (unpaired) electrons. The van der Waals surface area contributed by atoms with E-state index in [1.54, 1.807) is 6.92 Å². The molecule has 50 valence electrons. The molecule has 0 N–H and O–H groups in total. The van der Waals surface area contributed by atoms with Crippen molar-refractivity contribution in [3.8, 4) is 6.07 Å². The van der Waals surface area contributed by atoms with Gasteiger partial charge in [0.15, 0.2) is 5.69 Å². The molecule has 1 aromatic rings. The van der Waals surface area contributed by atoms with E-state index < -0.39 is 0 Å². The monoisotopic (exact) mass is 198 g/mol. The van der Waals surface area contributed by atoms with Gasteiger partial charge in [-0.2, -0.15) is 5.26 Å². The topological polar surface area (TPSA) is 62.5 Å². The standard InChI is InChI=1S/C5H3BrN4/c1-3-8-5(6)4(2-7)10-9-3/h1H3. The first-order chi connectivity index (χ1) is 4.74. The van der Waals surface area contributed by atoms with Crippen molar-refractivity contribution < 1.29 is 0 Å². The SMILES string of the molecule is Cc1nnc(C#N)c(Br)n1. The lowest BCUT2D eigenvalue weighted by atomic mass is 10.5. The third-order valence-electron chi connectivity index (χ3n) is 0.856. The summed E-state index contributed by atoms with van der Waals surface area (Å²) in [5.41, 5.74) is 0.214. The number of hydrogen-bond acceptors (Lipinski definition) is 4. The second-order valence-electron chi connectivity index (χ2n) is 1.61. The summed E-state index contributed by atoms with van der Waals surface area (Å²) in [6, 6.07) is 1.84. The molecule has 0 aliphatic heterocycles.